The summed E-state index contributed by atoms with van der Waals surface area (Å²) in [6, 6.07) is 24.2. The van der Waals surface area contributed by atoms with Gasteiger partial charge in [-0.05, 0) is 53.3 Å². The molecule has 2 atom stereocenters. The van der Waals surface area contributed by atoms with Crippen LogP contribution in [0.15, 0.2) is 72.8 Å². The number of benzene rings is 3. The minimum absolute atomic E-state index is 0. The predicted octanol–water partition coefficient (Wildman–Crippen LogP) is -10.2. The predicted molar refractivity (Wildman–Crippen MR) is 203 cm³/mol. The van der Waals surface area contributed by atoms with E-state index < -0.39 is 23.8 Å². The molecule has 0 spiro atoms. The van der Waals surface area contributed by atoms with E-state index in [0.29, 0.717) is 13.1 Å². The lowest BCUT2D eigenvalue weighted by atomic mass is 9.82. The molecule has 12 nitrogen and oxygen atoms in total. The van der Waals surface area contributed by atoms with Crippen molar-refractivity contribution < 1.29 is 97.0 Å². The SMILES string of the molecule is NC(=O)C[N+]12CC[N+](Cc3cc(C[N+]45CC[N+](CC(N)=O)(CC4)CC5)cc(-c4ccc(C[C@H](C(=O)O)[C@H](Cc5ccccc5)C(=O)O)cc4)c3)(CC1)CC2.[Cl-].[Cl-].[Cl-].[Cl-]. The first-order valence-electron chi connectivity index (χ1n) is 19.5. The molecule has 9 rings (SSSR count). The topological polar surface area (TPSA) is 161 Å². The van der Waals surface area contributed by atoms with E-state index in [4.69, 9.17) is 11.5 Å². The Bertz CT molecular complexity index is 1800. The van der Waals surface area contributed by atoms with Crippen LogP contribution in [0.3, 0.4) is 0 Å². The molecule has 318 valence electrons. The molecule has 6 aliphatic heterocycles. The molecule has 3 aromatic carbocycles. The lowest BCUT2D eigenvalue weighted by Gasteiger charge is -2.55. The van der Waals surface area contributed by atoms with Gasteiger partial charge in [-0.25, -0.2) is 0 Å². The van der Waals surface area contributed by atoms with E-state index in [-0.39, 0.29) is 74.3 Å². The Hall–Kier alpha value is -3.46. The molecular weight excluding hydrogens is 826 g/mol. The van der Waals surface area contributed by atoms with Gasteiger partial charge >= 0.3 is 11.9 Å². The van der Waals surface area contributed by atoms with E-state index in [2.05, 4.69) is 18.2 Å². The number of primary amides is 2. The monoisotopic (exact) mass is 880 g/mol. The van der Waals surface area contributed by atoms with Crippen molar-refractivity contribution in [1.82, 2.24) is 0 Å². The molecule has 6 aliphatic rings. The number of carbonyl (C=O) groups is 4. The molecule has 3 aromatic rings. The Morgan fingerprint density at radius 2 is 0.810 bits per heavy atom. The standard InChI is InChI=1S/C42H52N6O6.4ClH/c43-39(49)29-47-16-10-45(11-17-47,12-18-47)27-33-22-34(28-46-13-19-48(20-14-46,21-15-46)30-40(44)50)24-36(23-33)35-8-6-32(7-9-35)26-38(42(53)54)37(41(51)52)25-31-4-2-1-3-5-31;;;;/h1-9,22-24,37-38H,10-21,25-30H2,(H2-4,43,44,49,50,51,52,53,54);4*1H/t37-,38-,45?,46?,47?,48?;;;;/m0..../s1. The van der Waals surface area contributed by atoms with Gasteiger partial charge in [0.1, 0.15) is 91.6 Å². The minimum Gasteiger partial charge on any atom is -1.00 e. The summed E-state index contributed by atoms with van der Waals surface area (Å²) in [6.45, 7) is 14.6. The Kier molecular flexibility index (Phi) is 16.6. The van der Waals surface area contributed by atoms with Gasteiger partial charge in [0.2, 0.25) is 0 Å². The fourth-order valence-corrected chi connectivity index (χ4v) is 10.1. The number of carboxylic acids is 2. The summed E-state index contributed by atoms with van der Waals surface area (Å²) < 4.78 is 3.64. The molecule has 0 aromatic heterocycles. The summed E-state index contributed by atoms with van der Waals surface area (Å²) in [6.07, 6.45) is 0.271. The molecule has 6 heterocycles. The van der Waals surface area contributed by atoms with E-state index in [0.717, 1.165) is 132 Å². The van der Waals surface area contributed by atoms with Crippen LogP contribution in [-0.2, 0) is 45.1 Å². The molecule has 0 saturated carbocycles. The third-order valence-corrected chi connectivity index (χ3v) is 13.5. The van der Waals surface area contributed by atoms with Crippen LogP contribution in [0.5, 0.6) is 0 Å². The summed E-state index contributed by atoms with van der Waals surface area (Å²) in [5, 5.41) is 20.3. The molecular formula is C42H56Cl4N6O6. The number of fused-ring (bicyclic) bond motifs is 6. The largest absolute Gasteiger partial charge is 1.00 e. The van der Waals surface area contributed by atoms with E-state index in [1.165, 1.54) is 11.1 Å². The maximum Gasteiger partial charge on any atom is 0.307 e. The maximum atomic E-state index is 12.5. The average Bonchev–Trinajstić information content (AvgIpc) is 3.14. The zero-order valence-electron chi connectivity index (χ0n) is 32.8. The number of rotatable bonds is 16. The lowest BCUT2D eigenvalue weighted by molar-refractivity contribution is -1.08. The first-order valence-corrected chi connectivity index (χ1v) is 19.5. The van der Waals surface area contributed by atoms with Gasteiger partial charge in [-0.2, -0.15) is 0 Å². The van der Waals surface area contributed by atoms with Crippen molar-refractivity contribution >= 4 is 23.8 Å². The maximum absolute atomic E-state index is 12.5. The van der Waals surface area contributed by atoms with Gasteiger partial charge in [-0.15, -0.1) is 0 Å². The lowest BCUT2D eigenvalue weighted by Crippen LogP contribution is -3.00. The van der Waals surface area contributed by atoms with Crippen LogP contribution in [0.2, 0.25) is 0 Å². The average molecular weight is 883 g/mol. The number of amides is 2. The molecule has 2 amide bonds. The van der Waals surface area contributed by atoms with Crippen molar-refractivity contribution in [2.24, 2.45) is 23.3 Å². The third kappa shape index (κ3) is 11.0. The van der Waals surface area contributed by atoms with Crippen molar-refractivity contribution in [3.05, 3.63) is 95.1 Å². The van der Waals surface area contributed by atoms with E-state index in [9.17, 15) is 29.4 Å². The number of nitrogens with zero attached hydrogens (tertiary/aromatic N) is 4. The van der Waals surface area contributed by atoms with Crippen LogP contribution in [-0.4, -0.2) is 144 Å². The normalized spacial score (nSPS) is 26.3. The zero-order valence-corrected chi connectivity index (χ0v) is 35.8. The second-order valence-corrected chi connectivity index (χ2v) is 17.1. The first-order chi connectivity index (χ1) is 25.8. The highest BCUT2D eigenvalue weighted by Crippen LogP contribution is 2.34. The quantitative estimate of drug-likeness (QED) is 0.105. The third-order valence-electron chi connectivity index (χ3n) is 13.5. The minimum atomic E-state index is -1.11. The molecule has 0 unspecified atom stereocenters. The smallest absolute Gasteiger partial charge is 0.307 e. The van der Waals surface area contributed by atoms with Crippen molar-refractivity contribution in [2.45, 2.75) is 25.9 Å². The van der Waals surface area contributed by atoms with Gasteiger partial charge in [0, 0.05) is 11.1 Å². The second kappa shape index (κ2) is 19.7. The van der Waals surface area contributed by atoms with Gasteiger partial charge in [0.15, 0.2) is 13.1 Å². The molecule has 0 aliphatic carbocycles. The van der Waals surface area contributed by atoms with Crippen molar-refractivity contribution in [1.29, 1.82) is 0 Å². The number of aliphatic carboxylic acids is 2. The van der Waals surface area contributed by atoms with Crippen molar-refractivity contribution in [2.75, 3.05) is 91.6 Å². The second-order valence-electron chi connectivity index (χ2n) is 17.1. The number of halogens is 4. The number of piperazine rings is 6. The van der Waals surface area contributed by atoms with Crippen LogP contribution in [0.4, 0.5) is 0 Å². The van der Waals surface area contributed by atoms with E-state index >= 15 is 0 Å². The Labute approximate surface area is 366 Å². The summed E-state index contributed by atoms with van der Waals surface area (Å²) >= 11 is 0. The van der Waals surface area contributed by atoms with Gasteiger partial charge < -0.3 is 89.2 Å². The van der Waals surface area contributed by atoms with Crippen LogP contribution in [0, 0.1) is 11.8 Å². The number of hydrogen-bond donors (Lipinski definition) is 4. The molecule has 0 radical (unpaired) electrons. The Morgan fingerprint density at radius 3 is 1.16 bits per heavy atom. The summed E-state index contributed by atoms with van der Waals surface area (Å²) in [5.74, 6) is -4.79. The number of carbonyl (C=O) groups excluding carboxylic acids is 2. The summed E-state index contributed by atoms with van der Waals surface area (Å²) in [7, 11) is 0. The zero-order chi connectivity index (χ0) is 38.1. The molecule has 6 saturated heterocycles. The van der Waals surface area contributed by atoms with Gasteiger partial charge in [0.05, 0.1) is 11.8 Å². The number of nitrogens with two attached hydrogens (primary N) is 2. The van der Waals surface area contributed by atoms with Gasteiger partial charge in [-0.1, -0.05) is 54.6 Å². The molecule has 6 fully saturated rings. The van der Waals surface area contributed by atoms with Crippen LogP contribution in [0.1, 0.15) is 22.3 Å². The number of quaternary nitrogens is 4. The van der Waals surface area contributed by atoms with Gasteiger partial charge in [-0.3, -0.25) is 19.2 Å². The number of hydrogen-bond acceptors (Lipinski definition) is 4. The Morgan fingerprint density at radius 1 is 0.466 bits per heavy atom. The fourth-order valence-electron chi connectivity index (χ4n) is 10.1. The molecule has 4 bridgehead atoms. The highest BCUT2D eigenvalue weighted by Gasteiger charge is 2.51. The first kappa shape index (κ1) is 48.9. The van der Waals surface area contributed by atoms with Gasteiger partial charge in [0.25, 0.3) is 11.8 Å². The molecule has 58 heavy (non-hydrogen) atoms. The van der Waals surface area contributed by atoms with Crippen molar-refractivity contribution in [3.63, 3.8) is 0 Å². The highest BCUT2D eigenvalue weighted by atomic mass is 35.5. The molecule has 6 N–H and O–H groups in total. The van der Waals surface area contributed by atoms with Crippen LogP contribution in [0.25, 0.3) is 11.1 Å². The Balaban J connectivity index is 0.00000225. The summed E-state index contributed by atoms with van der Waals surface area (Å²) in [5.41, 5.74) is 17.6. The molecule has 16 heteroatoms. The highest BCUT2D eigenvalue weighted by molar-refractivity contribution is 5.80. The number of carboxylic acid groups (broad SMARTS) is 2. The van der Waals surface area contributed by atoms with Crippen LogP contribution >= 0.6 is 0 Å². The van der Waals surface area contributed by atoms with Crippen LogP contribution < -0.4 is 61.1 Å². The fraction of sp³-hybridized carbons (Fsp3) is 0.476. The van der Waals surface area contributed by atoms with E-state index in [1.54, 1.807) is 0 Å². The van der Waals surface area contributed by atoms with E-state index in [1.807, 2.05) is 54.6 Å². The van der Waals surface area contributed by atoms with Crippen molar-refractivity contribution in [3.8, 4) is 11.1 Å². The summed E-state index contributed by atoms with van der Waals surface area (Å²) in [4.78, 5) is 48.5.